The second-order valence-electron chi connectivity index (χ2n) is 5.11. The van der Waals surface area contributed by atoms with Crippen molar-refractivity contribution in [2.75, 3.05) is 11.9 Å². The zero-order chi connectivity index (χ0) is 16.7. The van der Waals surface area contributed by atoms with Gasteiger partial charge in [0.15, 0.2) is 6.61 Å². The first-order valence-corrected chi connectivity index (χ1v) is 8.18. The predicted octanol–water partition coefficient (Wildman–Crippen LogP) is 4.31. The first-order valence-electron chi connectivity index (χ1n) is 7.38. The second kappa shape index (κ2) is 8.48. The summed E-state index contributed by atoms with van der Waals surface area (Å²) < 4.78 is 0.975. The molecule has 0 heterocycles. The zero-order valence-corrected chi connectivity index (χ0v) is 14.8. The van der Waals surface area contributed by atoms with Gasteiger partial charge in [-0.15, -0.1) is 0 Å². The van der Waals surface area contributed by atoms with Crippen molar-refractivity contribution in [1.29, 1.82) is 0 Å². The van der Waals surface area contributed by atoms with Gasteiger partial charge in [0.1, 0.15) is 0 Å². The monoisotopic (exact) mass is 374 g/mol. The summed E-state index contributed by atoms with van der Waals surface area (Å²) in [6.45, 7) is 3.91. The molecular weight excluding hydrogens is 356 g/mol. The van der Waals surface area contributed by atoms with Crippen molar-refractivity contribution in [1.82, 2.24) is 0 Å². The maximum Gasteiger partial charge on any atom is 0.265 e. The van der Waals surface area contributed by atoms with Crippen LogP contribution in [0.5, 0.6) is 0 Å². The van der Waals surface area contributed by atoms with Crippen molar-refractivity contribution < 1.29 is 9.63 Å². The minimum Gasteiger partial charge on any atom is -0.386 e. The molecule has 1 N–H and O–H groups in total. The molecule has 2 rings (SSSR count). The van der Waals surface area contributed by atoms with E-state index in [1.165, 1.54) is 5.56 Å². The molecule has 0 aliphatic carbocycles. The Morgan fingerprint density at radius 1 is 1.26 bits per heavy atom. The van der Waals surface area contributed by atoms with Crippen LogP contribution in [0.15, 0.2) is 52.1 Å². The molecule has 0 bridgehead atoms. The van der Waals surface area contributed by atoms with Gasteiger partial charge in [0.25, 0.3) is 5.91 Å². The van der Waals surface area contributed by atoms with Crippen LogP contribution in [0.4, 0.5) is 5.69 Å². The van der Waals surface area contributed by atoms with Crippen molar-refractivity contribution in [3.8, 4) is 0 Å². The molecule has 0 radical (unpaired) electrons. The van der Waals surface area contributed by atoms with Crippen LogP contribution in [0, 0.1) is 6.92 Å². The highest BCUT2D eigenvalue weighted by atomic mass is 79.9. The van der Waals surface area contributed by atoms with E-state index in [0.29, 0.717) is 0 Å². The number of nitrogens with one attached hydrogen (secondary N) is 1. The van der Waals surface area contributed by atoms with Gasteiger partial charge in [0, 0.05) is 10.2 Å². The number of halogens is 1. The summed E-state index contributed by atoms with van der Waals surface area (Å²) in [5.41, 5.74) is 3.95. The van der Waals surface area contributed by atoms with E-state index in [1.54, 1.807) is 6.21 Å². The van der Waals surface area contributed by atoms with Gasteiger partial charge in [-0.3, -0.25) is 4.79 Å². The lowest BCUT2D eigenvalue weighted by Crippen LogP contribution is -2.17. The Hall–Kier alpha value is -2.14. The number of carbonyl (C=O) groups excluding carboxylic acids is 1. The lowest BCUT2D eigenvalue weighted by molar-refractivity contribution is -0.120. The van der Waals surface area contributed by atoms with E-state index in [2.05, 4.69) is 33.3 Å². The maximum absolute atomic E-state index is 11.8. The van der Waals surface area contributed by atoms with E-state index in [0.717, 1.165) is 27.7 Å². The van der Waals surface area contributed by atoms with Gasteiger partial charge < -0.3 is 10.2 Å². The number of amides is 1. The van der Waals surface area contributed by atoms with E-state index < -0.39 is 0 Å². The zero-order valence-electron chi connectivity index (χ0n) is 13.2. The SMILES string of the molecule is CCc1ccc(/C=N\OCC(=O)Nc2ccc(Br)cc2C)cc1. The topological polar surface area (TPSA) is 50.7 Å². The van der Waals surface area contributed by atoms with Crippen LogP contribution in [0.2, 0.25) is 0 Å². The van der Waals surface area contributed by atoms with Gasteiger partial charge in [-0.05, 0) is 48.2 Å². The van der Waals surface area contributed by atoms with Gasteiger partial charge in [0.2, 0.25) is 0 Å². The van der Waals surface area contributed by atoms with E-state index in [4.69, 9.17) is 4.84 Å². The maximum atomic E-state index is 11.8. The summed E-state index contributed by atoms with van der Waals surface area (Å²) in [6, 6.07) is 13.7. The minimum absolute atomic E-state index is 0.126. The third kappa shape index (κ3) is 5.53. The Balaban J connectivity index is 1.80. The molecule has 2 aromatic rings. The van der Waals surface area contributed by atoms with Crippen molar-refractivity contribution in [2.45, 2.75) is 20.3 Å². The highest BCUT2D eigenvalue weighted by Crippen LogP contribution is 2.19. The Kier molecular flexibility index (Phi) is 6.35. The molecule has 2 aromatic carbocycles. The van der Waals surface area contributed by atoms with Crippen LogP contribution in [0.25, 0.3) is 0 Å². The van der Waals surface area contributed by atoms with Crippen molar-refractivity contribution in [3.05, 3.63) is 63.6 Å². The second-order valence-corrected chi connectivity index (χ2v) is 6.03. The van der Waals surface area contributed by atoms with Crippen LogP contribution in [0.1, 0.15) is 23.6 Å². The average Bonchev–Trinajstić information content (AvgIpc) is 2.55. The average molecular weight is 375 g/mol. The summed E-state index contributed by atoms with van der Waals surface area (Å²) in [5.74, 6) is -0.242. The summed E-state index contributed by atoms with van der Waals surface area (Å²) >= 11 is 3.39. The number of carbonyl (C=O) groups is 1. The highest BCUT2D eigenvalue weighted by molar-refractivity contribution is 9.10. The highest BCUT2D eigenvalue weighted by Gasteiger charge is 2.05. The number of rotatable bonds is 6. The molecule has 0 atom stereocenters. The summed E-state index contributed by atoms with van der Waals surface area (Å²) in [6.07, 6.45) is 2.60. The Bertz CT molecular complexity index is 697. The molecular formula is C18H19BrN2O2. The molecule has 0 fully saturated rings. The minimum atomic E-state index is -0.242. The van der Waals surface area contributed by atoms with Crippen LogP contribution in [-0.2, 0) is 16.1 Å². The molecule has 120 valence electrons. The molecule has 0 saturated carbocycles. The van der Waals surface area contributed by atoms with E-state index in [1.807, 2.05) is 49.4 Å². The van der Waals surface area contributed by atoms with Gasteiger partial charge in [-0.25, -0.2) is 0 Å². The summed E-state index contributed by atoms with van der Waals surface area (Å²) in [5, 5.41) is 6.61. The molecule has 0 aliphatic heterocycles. The van der Waals surface area contributed by atoms with E-state index in [9.17, 15) is 4.79 Å². The Labute approximate surface area is 144 Å². The van der Waals surface area contributed by atoms with Gasteiger partial charge >= 0.3 is 0 Å². The van der Waals surface area contributed by atoms with E-state index >= 15 is 0 Å². The number of anilines is 1. The number of hydrogen-bond donors (Lipinski definition) is 1. The Morgan fingerprint density at radius 2 is 2.00 bits per heavy atom. The fraction of sp³-hybridized carbons (Fsp3) is 0.222. The normalized spacial score (nSPS) is 10.7. The fourth-order valence-electron chi connectivity index (χ4n) is 1.99. The largest absolute Gasteiger partial charge is 0.386 e. The fourth-order valence-corrected chi connectivity index (χ4v) is 2.46. The van der Waals surface area contributed by atoms with Crippen LogP contribution in [-0.4, -0.2) is 18.7 Å². The molecule has 0 aliphatic rings. The summed E-state index contributed by atoms with van der Waals surface area (Å²) in [4.78, 5) is 16.9. The van der Waals surface area contributed by atoms with E-state index in [-0.39, 0.29) is 12.5 Å². The van der Waals surface area contributed by atoms with Crippen molar-refractivity contribution in [3.63, 3.8) is 0 Å². The smallest absolute Gasteiger partial charge is 0.265 e. The molecule has 0 saturated heterocycles. The van der Waals surface area contributed by atoms with Crippen LogP contribution in [0.3, 0.4) is 0 Å². The molecule has 0 unspecified atom stereocenters. The number of oxime groups is 1. The van der Waals surface area contributed by atoms with Crippen LogP contribution >= 0.6 is 15.9 Å². The van der Waals surface area contributed by atoms with Gasteiger partial charge in [0.05, 0.1) is 6.21 Å². The predicted molar refractivity (Wildman–Crippen MR) is 96.9 cm³/mol. The summed E-state index contributed by atoms with van der Waals surface area (Å²) in [7, 11) is 0. The Morgan fingerprint density at radius 3 is 2.65 bits per heavy atom. The third-order valence-corrected chi connectivity index (χ3v) is 3.82. The molecule has 0 aromatic heterocycles. The number of nitrogens with zero attached hydrogens (tertiary/aromatic N) is 1. The first-order chi connectivity index (χ1) is 11.1. The number of hydrogen-bond acceptors (Lipinski definition) is 3. The number of aryl methyl sites for hydroxylation is 2. The molecule has 1 amide bonds. The van der Waals surface area contributed by atoms with Crippen molar-refractivity contribution in [2.24, 2.45) is 5.16 Å². The first kappa shape index (κ1) is 17.2. The quantitative estimate of drug-likeness (QED) is 0.604. The number of benzene rings is 2. The molecule has 5 heteroatoms. The van der Waals surface area contributed by atoms with Crippen molar-refractivity contribution >= 4 is 33.7 Å². The standard InChI is InChI=1S/C18H19BrN2O2/c1-3-14-4-6-15(7-5-14)11-20-23-12-18(22)21-17-9-8-16(19)10-13(17)2/h4-11H,3,12H2,1-2H3,(H,21,22)/b20-11-. The molecule has 4 nitrogen and oxygen atoms in total. The molecule has 23 heavy (non-hydrogen) atoms. The van der Waals surface area contributed by atoms with Gasteiger partial charge in [-0.1, -0.05) is 52.3 Å². The van der Waals surface area contributed by atoms with Gasteiger partial charge in [-0.2, -0.15) is 0 Å². The third-order valence-electron chi connectivity index (χ3n) is 3.32. The lowest BCUT2D eigenvalue weighted by atomic mass is 10.1. The molecule has 0 spiro atoms. The lowest BCUT2D eigenvalue weighted by Gasteiger charge is -2.07. The van der Waals surface area contributed by atoms with Crippen LogP contribution < -0.4 is 5.32 Å².